The van der Waals surface area contributed by atoms with Crippen LogP contribution in [0, 0.1) is 0 Å². The van der Waals surface area contributed by atoms with Gasteiger partial charge in [0.25, 0.3) is 0 Å². The van der Waals surface area contributed by atoms with E-state index in [4.69, 9.17) is 4.74 Å². The molecule has 0 aliphatic carbocycles. The average Bonchev–Trinajstić information content (AvgIpc) is 2.72. The van der Waals surface area contributed by atoms with Gasteiger partial charge in [0.15, 0.2) is 0 Å². The maximum Gasteiger partial charge on any atom is 0.328 e. The van der Waals surface area contributed by atoms with Gasteiger partial charge in [-0.1, -0.05) is 42.5 Å². The van der Waals surface area contributed by atoms with Crippen LogP contribution in [0.2, 0.25) is 0 Å². The van der Waals surface area contributed by atoms with Crippen molar-refractivity contribution in [3.63, 3.8) is 0 Å². The zero-order valence-corrected chi connectivity index (χ0v) is 16.2. The standard InChI is InChI=1S/C21H25N3O5/c1-29-21(28)18(12-14-5-3-2-4-6-14)24-19(25)13-23-16-9-7-15(8-10-16)11-17(22)20(26)27/h2-10,17-18,23H,11-13,22H2,1H3,(H,24,25)(H,26,27)/t17-,18?/m0/s1. The summed E-state index contributed by atoms with van der Waals surface area (Å²) in [5, 5.41) is 16.4. The summed E-state index contributed by atoms with van der Waals surface area (Å²) in [4.78, 5) is 35.0. The van der Waals surface area contributed by atoms with E-state index in [1.807, 2.05) is 30.3 Å². The first-order valence-corrected chi connectivity index (χ1v) is 9.17. The number of amides is 1. The fourth-order valence-electron chi connectivity index (χ4n) is 2.74. The fraction of sp³-hybridized carbons (Fsp3) is 0.286. The van der Waals surface area contributed by atoms with Crippen LogP contribution in [0.3, 0.4) is 0 Å². The molecule has 0 radical (unpaired) electrons. The minimum Gasteiger partial charge on any atom is -0.544 e. The molecule has 0 aromatic heterocycles. The molecule has 8 heteroatoms. The maximum absolute atomic E-state index is 12.3. The maximum atomic E-state index is 12.3. The molecule has 154 valence electrons. The van der Waals surface area contributed by atoms with Gasteiger partial charge in [-0.15, -0.1) is 0 Å². The highest BCUT2D eigenvalue weighted by Crippen LogP contribution is 2.10. The number of quaternary nitrogens is 1. The first-order chi connectivity index (χ1) is 13.9. The zero-order chi connectivity index (χ0) is 21.2. The lowest BCUT2D eigenvalue weighted by Crippen LogP contribution is -2.69. The van der Waals surface area contributed by atoms with E-state index in [9.17, 15) is 19.5 Å². The number of benzene rings is 2. The summed E-state index contributed by atoms with van der Waals surface area (Å²) < 4.78 is 4.78. The second-order valence-corrected chi connectivity index (χ2v) is 6.60. The second kappa shape index (κ2) is 10.8. The summed E-state index contributed by atoms with van der Waals surface area (Å²) in [6.07, 6.45) is 0.599. The number of hydrogen-bond acceptors (Lipinski definition) is 6. The number of carboxylic acids is 1. The number of nitrogens with one attached hydrogen (secondary N) is 2. The molecule has 1 amide bonds. The van der Waals surface area contributed by atoms with Gasteiger partial charge in [0, 0.05) is 18.5 Å². The summed E-state index contributed by atoms with van der Waals surface area (Å²) >= 11 is 0. The molecule has 0 saturated heterocycles. The zero-order valence-electron chi connectivity index (χ0n) is 16.2. The van der Waals surface area contributed by atoms with Gasteiger partial charge in [0.05, 0.1) is 19.6 Å². The van der Waals surface area contributed by atoms with E-state index in [2.05, 4.69) is 16.4 Å². The largest absolute Gasteiger partial charge is 0.544 e. The molecule has 0 heterocycles. The Balaban J connectivity index is 1.88. The van der Waals surface area contributed by atoms with E-state index >= 15 is 0 Å². The van der Waals surface area contributed by atoms with Gasteiger partial charge in [-0.2, -0.15) is 0 Å². The first kappa shape index (κ1) is 21.9. The van der Waals surface area contributed by atoms with Crippen molar-refractivity contribution in [1.82, 2.24) is 5.32 Å². The number of carboxylic acid groups (broad SMARTS) is 1. The predicted octanol–water partition coefficient (Wildman–Crippen LogP) is -1.10. The third kappa shape index (κ3) is 7.27. The molecule has 2 rings (SSSR count). The van der Waals surface area contributed by atoms with E-state index in [1.54, 1.807) is 24.3 Å². The van der Waals surface area contributed by atoms with Crippen molar-refractivity contribution in [1.29, 1.82) is 0 Å². The minimum absolute atomic E-state index is 0.0291. The van der Waals surface area contributed by atoms with E-state index in [-0.39, 0.29) is 18.9 Å². The summed E-state index contributed by atoms with van der Waals surface area (Å²) in [5.41, 5.74) is 5.93. The molecule has 1 unspecified atom stereocenters. The lowest BCUT2D eigenvalue weighted by molar-refractivity contribution is -0.437. The lowest BCUT2D eigenvalue weighted by atomic mass is 10.1. The highest BCUT2D eigenvalue weighted by Gasteiger charge is 2.21. The molecule has 0 bridgehead atoms. The first-order valence-electron chi connectivity index (χ1n) is 9.17. The Labute approximate surface area is 169 Å². The van der Waals surface area contributed by atoms with Crippen LogP contribution in [0.4, 0.5) is 5.69 Å². The lowest BCUT2D eigenvalue weighted by Gasteiger charge is -2.17. The van der Waals surface area contributed by atoms with Crippen LogP contribution in [0.25, 0.3) is 0 Å². The van der Waals surface area contributed by atoms with Gasteiger partial charge in [0.2, 0.25) is 5.91 Å². The molecule has 2 atom stereocenters. The van der Waals surface area contributed by atoms with E-state index in [0.29, 0.717) is 12.1 Å². The number of ether oxygens (including phenoxy) is 1. The van der Waals surface area contributed by atoms with Gasteiger partial charge in [-0.05, 0) is 23.3 Å². The van der Waals surface area contributed by atoms with Crippen LogP contribution in [0.1, 0.15) is 11.1 Å². The molecule has 2 aromatic rings. The molecule has 29 heavy (non-hydrogen) atoms. The van der Waals surface area contributed by atoms with Gasteiger partial charge in [0.1, 0.15) is 12.1 Å². The number of methoxy groups -OCH3 is 1. The normalized spacial score (nSPS) is 12.5. The summed E-state index contributed by atoms with van der Waals surface area (Å²) in [5.74, 6) is -2.06. The number of anilines is 1. The molecule has 0 saturated carbocycles. The van der Waals surface area contributed by atoms with Crippen molar-refractivity contribution in [2.75, 3.05) is 19.0 Å². The highest BCUT2D eigenvalue weighted by molar-refractivity contribution is 5.87. The number of hydrogen-bond donors (Lipinski definition) is 3. The summed E-state index contributed by atoms with van der Waals surface area (Å²) in [7, 11) is 1.28. The van der Waals surface area contributed by atoms with Crippen LogP contribution in [0.5, 0.6) is 0 Å². The van der Waals surface area contributed by atoms with E-state index in [0.717, 1.165) is 11.1 Å². The molecular weight excluding hydrogens is 374 g/mol. The van der Waals surface area contributed by atoms with Crippen LogP contribution < -0.4 is 21.5 Å². The predicted molar refractivity (Wildman–Crippen MR) is 104 cm³/mol. The fourth-order valence-corrected chi connectivity index (χ4v) is 2.74. The van der Waals surface area contributed by atoms with Crippen LogP contribution >= 0.6 is 0 Å². The van der Waals surface area contributed by atoms with Crippen molar-refractivity contribution < 1.29 is 30.0 Å². The molecule has 8 nitrogen and oxygen atoms in total. The Hall–Kier alpha value is -3.39. The molecule has 2 aromatic carbocycles. The van der Waals surface area contributed by atoms with Crippen molar-refractivity contribution >= 4 is 23.5 Å². The van der Waals surface area contributed by atoms with E-state index < -0.39 is 24.0 Å². The SMILES string of the molecule is COC(=O)C(Cc1ccccc1)NC(=O)CNc1ccc(C[C@H]([NH3+])C(=O)[O-])cc1. The Kier molecular flexibility index (Phi) is 8.17. The molecule has 0 fully saturated rings. The van der Waals surface area contributed by atoms with Crippen LogP contribution in [-0.2, 0) is 32.0 Å². The van der Waals surface area contributed by atoms with Gasteiger partial charge in [-0.3, -0.25) is 4.79 Å². The van der Waals surface area contributed by atoms with Gasteiger partial charge < -0.3 is 31.0 Å². The quantitative estimate of drug-likeness (QED) is 0.434. The smallest absolute Gasteiger partial charge is 0.328 e. The number of carbonyl (C=O) groups excluding carboxylic acids is 3. The third-order valence-electron chi connectivity index (χ3n) is 4.33. The van der Waals surface area contributed by atoms with Crippen molar-refractivity contribution in [3.8, 4) is 0 Å². The Morgan fingerprint density at radius 1 is 1.00 bits per heavy atom. The van der Waals surface area contributed by atoms with Crippen molar-refractivity contribution in [2.24, 2.45) is 0 Å². The Morgan fingerprint density at radius 3 is 2.21 bits per heavy atom. The van der Waals surface area contributed by atoms with Gasteiger partial charge in [-0.25, -0.2) is 4.79 Å². The third-order valence-corrected chi connectivity index (χ3v) is 4.33. The van der Waals surface area contributed by atoms with Gasteiger partial charge >= 0.3 is 5.97 Å². The Bertz CT molecular complexity index is 824. The molecule has 0 aliphatic rings. The van der Waals surface area contributed by atoms with Crippen molar-refractivity contribution in [2.45, 2.75) is 24.9 Å². The second-order valence-electron chi connectivity index (χ2n) is 6.60. The van der Waals surface area contributed by atoms with Crippen LogP contribution in [-0.4, -0.2) is 43.6 Å². The van der Waals surface area contributed by atoms with Crippen LogP contribution in [0.15, 0.2) is 54.6 Å². The topological polar surface area (TPSA) is 135 Å². The number of carbonyl (C=O) groups is 3. The number of esters is 1. The summed E-state index contributed by atoms with van der Waals surface area (Å²) in [6, 6.07) is 14.7. The van der Waals surface area contributed by atoms with E-state index in [1.165, 1.54) is 7.11 Å². The monoisotopic (exact) mass is 399 g/mol. The van der Waals surface area contributed by atoms with Crippen molar-refractivity contribution in [3.05, 3.63) is 65.7 Å². The molecule has 0 spiro atoms. The Morgan fingerprint density at radius 2 is 1.62 bits per heavy atom. The summed E-state index contributed by atoms with van der Waals surface area (Å²) in [6.45, 7) is -0.0291. The molecule has 5 N–H and O–H groups in total. The molecular formula is C21H25N3O5. The minimum atomic E-state index is -1.19. The number of rotatable bonds is 10. The molecule has 0 aliphatic heterocycles. The number of aliphatic carboxylic acids is 1. The average molecular weight is 399 g/mol. The highest BCUT2D eigenvalue weighted by atomic mass is 16.5.